The number of likely N-dealkylation sites (tertiary alicyclic amines) is 2. The molecule has 1 atom stereocenters. The van der Waals surface area contributed by atoms with Gasteiger partial charge in [-0.15, -0.1) is 0 Å². The van der Waals surface area contributed by atoms with Crippen LogP contribution in [0.1, 0.15) is 31.2 Å². The standard InChI is InChI=1S/C19H26FN3O2/c20-17-7-5-15(6-8-17)9-10-21-18(24)16-4-3-13-23(14-16)19(25)22-11-1-2-12-22/h5-8,16H,1-4,9-14H2,(H,21,24)/t16-/m0/s1. The van der Waals surface area contributed by atoms with Crippen molar-refractivity contribution < 1.29 is 14.0 Å². The number of nitrogens with zero attached hydrogens (tertiary/aromatic N) is 2. The molecule has 25 heavy (non-hydrogen) atoms. The van der Waals surface area contributed by atoms with E-state index in [4.69, 9.17) is 0 Å². The number of amides is 3. The fourth-order valence-corrected chi connectivity index (χ4v) is 3.60. The van der Waals surface area contributed by atoms with Crippen molar-refractivity contribution in [3.05, 3.63) is 35.6 Å². The van der Waals surface area contributed by atoms with E-state index in [1.54, 1.807) is 12.1 Å². The molecular formula is C19H26FN3O2. The van der Waals surface area contributed by atoms with E-state index >= 15 is 0 Å². The van der Waals surface area contributed by atoms with Gasteiger partial charge in [0.05, 0.1) is 5.92 Å². The maximum Gasteiger partial charge on any atom is 0.320 e. The van der Waals surface area contributed by atoms with E-state index in [0.29, 0.717) is 19.5 Å². The second-order valence-corrected chi connectivity index (χ2v) is 6.93. The lowest BCUT2D eigenvalue weighted by molar-refractivity contribution is -0.126. The predicted molar refractivity (Wildman–Crippen MR) is 93.6 cm³/mol. The number of benzene rings is 1. The van der Waals surface area contributed by atoms with Crippen LogP contribution in [-0.2, 0) is 11.2 Å². The molecule has 2 saturated heterocycles. The molecule has 0 unspecified atom stereocenters. The van der Waals surface area contributed by atoms with E-state index in [-0.39, 0.29) is 23.7 Å². The van der Waals surface area contributed by atoms with Gasteiger partial charge < -0.3 is 15.1 Å². The van der Waals surface area contributed by atoms with E-state index in [1.807, 2.05) is 9.80 Å². The zero-order valence-corrected chi connectivity index (χ0v) is 14.5. The summed E-state index contributed by atoms with van der Waals surface area (Å²) in [5, 5.41) is 2.96. The van der Waals surface area contributed by atoms with Crippen molar-refractivity contribution in [1.29, 1.82) is 0 Å². The van der Waals surface area contributed by atoms with Crippen molar-refractivity contribution in [1.82, 2.24) is 15.1 Å². The van der Waals surface area contributed by atoms with Gasteiger partial charge in [0.15, 0.2) is 0 Å². The van der Waals surface area contributed by atoms with Crippen molar-refractivity contribution in [3.63, 3.8) is 0 Å². The number of hydrogen-bond donors (Lipinski definition) is 1. The predicted octanol–water partition coefficient (Wildman–Crippen LogP) is 2.41. The largest absolute Gasteiger partial charge is 0.355 e. The molecule has 2 fully saturated rings. The number of nitrogens with one attached hydrogen (secondary N) is 1. The van der Waals surface area contributed by atoms with Gasteiger partial charge in [-0.3, -0.25) is 4.79 Å². The number of carbonyl (C=O) groups is 2. The number of rotatable bonds is 4. The van der Waals surface area contributed by atoms with Crippen molar-refractivity contribution in [2.75, 3.05) is 32.7 Å². The molecule has 1 N–H and O–H groups in total. The number of carbonyl (C=O) groups excluding carboxylic acids is 2. The molecule has 0 radical (unpaired) electrons. The Balaban J connectivity index is 1.44. The summed E-state index contributed by atoms with van der Waals surface area (Å²) in [4.78, 5) is 28.6. The van der Waals surface area contributed by atoms with Crippen molar-refractivity contribution in [3.8, 4) is 0 Å². The summed E-state index contributed by atoms with van der Waals surface area (Å²) in [6.07, 6.45) is 4.52. The van der Waals surface area contributed by atoms with Gasteiger partial charge in [-0.05, 0) is 49.8 Å². The average molecular weight is 347 g/mol. The molecule has 3 amide bonds. The van der Waals surface area contributed by atoms with E-state index in [0.717, 1.165) is 50.9 Å². The lowest BCUT2D eigenvalue weighted by Gasteiger charge is -2.34. The molecule has 0 saturated carbocycles. The molecule has 0 bridgehead atoms. The van der Waals surface area contributed by atoms with Crippen molar-refractivity contribution in [2.24, 2.45) is 5.92 Å². The van der Waals surface area contributed by atoms with Gasteiger partial charge in [0.25, 0.3) is 0 Å². The SMILES string of the molecule is O=C(NCCc1ccc(F)cc1)[C@H]1CCCN(C(=O)N2CCCC2)C1. The van der Waals surface area contributed by atoms with Gasteiger partial charge in [0, 0.05) is 32.7 Å². The Labute approximate surface area is 148 Å². The molecular weight excluding hydrogens is 321 g/mol. The minimum absolute atomic E-state index is 0.0148. The highest BCUT2D eigenvalue weighted by atomic mass is 19.1. The summed E-state index contributed by atoms with van der Waals surface area (Å²) in [6.45, 7) is 3.46. The van der Waals surface area contributed by atoms with Crippen LogP contribution in [0.2, 0.25) is 0 Å². The molecule has 0 aromatic heterocycles. The Morgan fingerprint density at radius 2 is 1.72 bits per heavy atom. The smallest absolute Gasteiger partial charge is 0.320 e. The highest BCUT2D eigenvalue weighted by molar-refractivity contribution is 5.81. The number of hydrogen-bond acceptors (Lipinski definition) is 2. The van der Waals surface area contributed by atoms with E-state index in [9.17, 15) is 14.0 Å². The first-order chi connectivity index (χ1) is 12.1. The van der Waals surface area contributed by atoms with Gasteiger partial charge in [-0.2, -0.15) is 0 Å². The third-order valence-electron chi connectivity index (χ3n) is 5.07. The first-order valence-corrected chi connectivity index (χ1v) is 9.19. The van der Waals surface area contributed by atoms with Crippen LogP contribution in [0.4, 0.5) is 9.18 Å². The highest BCUT2D eigenvalue weighted by Gasteiger charge is 2.31. The Bertz CT molecular complexity index is 599. The number of piperidine rings is 1. The molecule has 1 aromatic carbocycles. The van der Waals surface area contributed by atoms with Crippen LogP contribution in [0.25, 0.3) is 0 Å². The van der Waals surface area contributed by atoms with Crippen LogP contribution in [0, 0.1) is 11.7 Å². The summed E-state index contributed by atoms with van der Waals surface area (Å²) in [7, 11) is 0. The second-order valence-electron chi connectivity index (χ2n) is 6.93. The molecule has 2 aliphatic heterocycles. The van der Waals surface area contributed by atoms with Gasteiger partial charge in [0.2, 0.25) is 5.91 Å². The Morgan fingerprint density at radius 3 is 2.44 bits per heavy atom. The molecule has 5 nitrogen and oxygen atoms in total. The molecule has 6 heteroatoms. The van der Waals surface area contributed by atoms with Gasteiger partial charge in [-0.25, -0.2) is 9.18 Å². The third kappa shape index (κ3) is 4.71. The number of urea groups is 1. The van der Waals surface area contributed by atoms with Crippen LogP contribution < -0.4 is 5.32 Å². The van der Waals surface area contributed by atoms with Crippen molar-refractivity contribution in [2.45, 2.75) is 32.1 Å². The average Bonchev–Trinajstić information content (AvgIpc) is 3.17. The minimum atomic E-state index is -0.252. The molecule has 3 rings (SSSR count). The topological polar surface area (TPSA) is 52.7 Å². The van der Waals surface area contributed by atoms with E-state index < -0.39 is 0 Å². The quantitative estimate of drug-likeness (QED) is 0.909. The van der Waals surface area contributed by atoms with Gasteiger partial charge in [-0.1, -0.05) is 12.1 Å². The van der Waals surface area contributed by atoms with Crippen molar-refractivity contribution >= 4 is 11.9 Å². The van der Waals surface area contributed by atoms with Crippen LogP contribution in [0.15, 0.2) is 24.3 Å². The van der Waals surface area contributed by atoms with Crippen LogP contribution in [0.5, 0.6) is 0 Å². The Kier molecular flexibility index (Phi) is 5.89. The third-order valence-corrected chi connectivity index (χ3v) is 5.07. The highest BCUT2D eigenvalue weighted by Crippen LogP contribution is 2.20. The summed E-state index contributed by atoms with van der Waals surface area (Å²) in [5.74, 6) is -0.368. The monoisotopic (exact) mass is 347 g/mol. The Morgan fingerprint density at radius 1 is 1.04 bits per heavy atom. The fourth-order valence-electron chi connectivity index (χ4n) is 3.60. The maximum absolute atomic E-state index is 12.9. The lowest BCUT2D eigenvalue weighted by Crippen LogP contribution is -2.49. The summed E-state index contributed by atoms with van der Waals surface area (Å²) in [6, 6.07) is 6.42. The summed E-state index contributed by atoms with van der Waals surface area (Å²) >= 11 is 0. The molecule has 0 aliphatic carbocycles. The maximum atomic E-state index is 12.9. The normalized spacial score (nSPS) is 20.6. The summed E-state index contributed by atoms with van der Waals surface area (Å²) in [5.41, 5.74) is 0.996. The number of halogens is 1. The Hall–Kier alpha value is -2.11. The van der Waals surface area contributed by atoms with Gasteiger partial charge >= 0.3 is 6.03 Å². The van der Waals surface area contributed by atoms with Crippen LogP contribution >= 0.6 is 0 Å². The van der Waals surface area contributed by atoms with E-state index in [2.05, 4.69) is 5.32 Å². The molecule has 1 aromatic rings. The molecule has 2 heterocycles. The van der Waals surface area contributed by atoms with Gasteiger partial charge in [0.1, 0.15) is 5.82 Å². The van der Waals surface area contributed by atoms with Crippen LogP contribution in [0.3, 0.4) is 0 Å². The fraction of sp³-hybridized carbons (Fsp3) is 0.579. The first kappa shape index (κ1) is 17.7. The van der Waals surface area contributed by atoms with E-state index in [1.165, 1.54) is 12.1 Å². The first-order valence-electron chi connectivity index (χ1n) is 9.19. The molecule has 2 aliphatic rings. The van der Waals surface area contributed by atoms with Crippen LogP contribution in [-0.4, -0.2) is 54.5 Å². The summed E-state index contributed by atoms with van der Waals surface area (Å²) < 4.78 is 12.9. The second kappa shape index (κ2) is 8.32. The minimum Gasteiger partial charge on any atom is -0.355 e. The zero-order valence-electron chi connectivity index (χ0n) is 14.5. The molecule has 136 valence electrons. The molecule has 0 spiro atoms. The zero-order chi connectivity index (χ0) is 17.6. The lowest BCUT2D eigenvalue weighted by atomic mass is 9.97.